The highest BCUT2D eigenvalue weighted by molar-refractivity contribution is 9.10. The molecule has 0 spiro atoms. The molecule has 4 heteroatoms. The van der Waals surface area contributed by atoms with Crippen molar-refractivity contribution in [1.82, 2.24) is 0 Å². The Balaban J connectivity index is 1.63. The summed E-state index contributed by atoms with van der Waals surface area (Å²) in [5.74, 6) is 1.26. The number of hydrogen-bond donors (Lipinski definition) is 0. The first-order valence-corrected chi connectivity index (χ1v) is 6.84. The number of hydrogen-bond acceptors (Lipinski definition) is 2. The van der Waals surface area contributed by atoms with Crippen LogP contribution in [0.3, 0.4) is 0 Å². The van der Waals surface area contributed by atoms with E-state index in [1.54, 1.807) is 6.07 Å². The zero-order chi connectivity index (χ0) is 13.2. The van der Waals surface area contributed by atoms with Crippen molar-refractivity contribution < 1.29 is 13.9 Å². The van der Waals surface area contributed by atoms with Crippen LogP contribution in [0.2, 0.25) is 0 Å². The topological polar surface area (TPSA) is 18.5 Å². The smallest absolute Gasteiger partial charge is 0.137 e. The van der Waals surface area contributed by atoms with Crippen molar-refractivity contribution in [2.24, 2.45) is 0 Å². The van der Waals surface area contributed by atoms with E-state index in [1.807, 2.05) is 18.2 Å². The van der Waals surface area contributed by atoms with Gasteiger partial charge in [-0.1, -0.05) is 18.2 Å². The van der Waals surface area contributed by atoms with Gasteiger partial charge in [0.15, 0.2) is 0 Å². The van der Waals surface area contributed by atoms with Crippen LogP contribution in [0.15, 0.2) is 46.9 Å². The molecule has 0 saturated carbocycles. The molecule has 0 saturated heterocycles. The van der Waals surface area contributed by atoms with Gasteiger partial charge in [0.25, 0.3) is 0 Å². The van der Waals surface area contributed by atoms with E-state index in [0.29, 0.717) is 16.8 Å². The summed E-state index contributed by atoms with van der Waals surface area (Å²) in [6.07, 6.45) is 0.851. The summed E-state index contributed by atoms with van der Waals surface area (Å²) in [4.78, 5) is 0. The molecule has 0 amide bonds. The lowest BCUT2D eigenvalue weighted by Gasteiger charge is -2.13. The minimum absolute atomic E-state index is 0.00866. The fourth-order valence-corrected chi connectivity index (χ4v) is 2.59. The third-order valence-electron chi connectivity index (χ3n) is 3.03. The lowest BCUT2D eigenvalue weighted by molar-refractivity contribution is 0.148. The maximum atomic E-state index is 13.0. The summed E-state index contributed by atoms with van der Waals surface area (Å²) in [6.45, 7) is 0.443. The van der Waals surface area contributed by atoms with Gasteiger partial charge < -0.3 is 9.47 Å². The van der Waals surface area contributed by atoms with Crippen molar-refractivity contribution in [2.75, 3.05) is 6.61 Å². The summed E-state index contributed by atoms with van der Waals surface area (Å²) < 4.78 is 25.0. The number of para-hydroxylation sites is 1. The molecule has 0 N–H and O–H groups in total. The Morgan fingerprint density at radius 1 is 1.26 bits per heavy atom. The molecule has 1 aliphatic rings. The van der Waals surface area contributed by atoms with Crippen molar-refractivity contribution in [2.45, 2.75) is 12.5 Å². The lowest BCUT2D eigenvalue weighted by atomic mass is 10.1. The molecule has 98 valence electrons. The van der Waals surface area contributed by atoms with Gasteiger partial charge in [-0.05, 0) is 45.8 Å². The maximum Gasteiger partial charge on any atom is 0.137 e. The minimum atomic E-state index is -0.288. The molecule has 0 fully saturated rings. The Morgan fingerprint density at radius 2 is 2.11 bits per heavy atom. The first kappa shape index (κ1) is 12.5. The zero-order valence-electron chi connectivity index (χ0n) is 10.1. The first-order chi connectivity index (χ1) is 9.22. The number of halogens is 2. The standard InChI is InChI=1S/C15H12BrFO2/c16-13-8-11(17)5-6-15(13)18-9-12-7-10-3-1-2-4-14(10)19-12/h1-6,8,12H,7,9H2. The molecule has 0 aromatic heterocycles. The van der Waals surface area contributed by atoms with Gasteiger partial charge in [0.1, 0.15) is 30.0 Å². The van der Waals surface area contributed by atoms with Gasteiger partial charge >= 0.3 is 0 Å². The SMILES string of the molecule is Fc1ccc(OCC2Cc3ccccc3O2)c(Br)c1. The van der Waals surface area contributed by atoms with Gasteiger partial charge in [-0.2, -0.15) is 0 Å². The summed E-state index contributed by atoms with van der Waals surface area (Å²) in [6, 6.07) is 12.4. The fraction of sp³-hybridized carbons (Fsp3) is 0.200. The van der Waals surface area contributed by atoms with E-state index >= 15 is 0 Å². The van der Waals surface area contributed by atoms with Crippen LogP contribution in [0, 0.1) is 5.82 Å². The van der Waals surface area contributed by atoms with Crippen molar-refractivity contribution in [3.63, 3.8) is 0 Å². The molecule has 2 aromatic carbocycles. The van der Waals surface area contributed by atoms with Crippen molar-refractivity contribution in [3.05, 3.63) is 58.3 Å². The van der Waals surface area contributed by atoms with Crippen LogP contribution < -0.4 is 9.47 Å². The predicted octanol–water partition coefficient (Wildman–Crippen LogP) is 3.97. The van der Waals surface area contributed by atoms with E-state index in [9.17, 15) is 4.39 Å². The molecular formula is C15H12BrFO2. The van der Waals surface area contributed by atoms with Gasteiger partial charge in [0, 0.05) is 6.42 Å². The Morgan fingerprint density at radius 3 is 2.89 bits per heavy atom. The molecule has 1 atom stereocenters. The van der Waals surface area contributed by atoms with Gasteiger partial charge in [-0.15, -0.1) is 0 Å². The molecule has 2 nitrogen and oxygen atoms in total. The highest BCUT2D eigenvalue weighted by Gasteiger charge is 2.23. The van der Waals surface area contributed by atoms with Crippen LogP contribution in [0.25, 0.3) is 0 Å². The maximum absolute atomic E-state index is 13.0. The molecule has 0 bridgehead atoms. The average Bonchev–Trinajstić information content (AvgIpc) is 2.80. The highest BCUT2D eigenvalue weighted by Crippen LogP contribution is 2.30. The van der Waals surface area contributed by atoms with Crippen LogP contribution in [-0.2, 0) is 6.42 Å². The quantitative estimate of drug-likeness (QED) is 0.851. The van der Waals surface area contributed by atoms with Crippen molar-refractivity contribution >= 4 is 15.9 Å². The number of fused-ring (bicyclic) bond motifs is 1. The Hall–Kier alpha value is -1.55. The summed E-state index contributed by atoms with van der Waals surface area (Å²) in [7, 11) is 0. The second kappa shape index (κ2) is 5.21. The Bertz CT molecular complexity index is 575. The van der Waals surface area contributed by atoms with E-state index in [0.717, 1.165) is 12.2 Å². The third-order valence-corrected chi connectivity index (χ3v) is 3.65. The summed E-state index contributed by atoms with van der Waals surface area (Å²) in [5.41, 5.74) is 1.20. The second-order valence-corrected chi connectivity index (χ2v) is 5.29. The summed E-state index contributed by atoms with van der Waals surface area (Å²) in [5, 5.41) is 0. The molecular weight excluding hydrogens is 311 g/mol. The lowest BCUT2D eigenvalue weighted by Crippen LogP contribution is -2.22. The number of ether oxygens (including phenoxy) is 2. The van der Waals surface area contributed by atoms with E-state index in [2.05, 4.69) is 22.0 Å². The predicted molar refractivity (Wildman–Crippen MR) is 74.2 cm³/mol. The number of rotatable bonds is 3. The van der Waals surface area contributed by atoms with Crippen LogP contribution >= 0.6 is 15.9 Å². The van der Waals surface area contributed by atoms with Crippen LogP contribution in [0.1, 0.15) is 5.56 Å². The first-order valence-electron chi connectivity index (χ1n) is 6.05. The molecule has 1 aliphatic heterocycles. The number of benzene rings is 2. The van der Waals surface area contributed by atoms with E-state index in [1.165, 1.54) is 17.7 Å². The zero-order valence-corrected chi connectivity index (χ0v) is 11.7. The van der Waals surface area contributed by atoms with Crippen LogP contribution in [-0.4, -0.2) is 12.7 Å². The highest BCUT2D eigenvalue weighted by atomic mass is 79.9. The molecule has 0 radical (unpaired) electrons. The van der Waals surface area contributed by atoms with Crippen LogP contribution in [0.5, 0.6) is 11.5 Å². The summed E-state index contributed by atoms with van der Waals surface area (Å²) >= 11 is 3.28. The fourth-order valence-electron chi connectivity index (χ4n) is 2.12. The minimum Gasteiger partial charge on any atom is -0.489 e. The van der Waals surface area contributed by atoms with Crippen LogP contribution in [0.4, 0.5) is 4.39 Å². The average molecular weight is 323 g/mol. The Kier molecular flexibility index (Phi) is 3.42. The largest absolute Gasteiger partial charge is 0.489 e. The molecule has 1 unspecified atom stereocenters. The van der Waals surface area contributed by atoms with Gasteiger partial charge in [0.05, 0.1) is 4.47 Å². The molecule has 2 aromatic rings. The van der Waals surface area contributed by atoms with E-state index in [4.69, 9.17) is 9.47 Å². The molecule has 19 heavy (non-hydrogen) atoms. The Labute approximate surface area is 119 Å². The molecule has 3 rings (SSSR count). The molecule has 0 aliphatic carbocycles. The van der Waals surface area contributed by atoms with E-state index < -0.39 is 0 Å². The normalized spacial score (nSPS) is 16.8. The second-order valence-electron chi connectivity index (χ2n) is 4.44. The van der Waals surface area contributed by atoms with Crippen molar-refractivity contribution in [3.8, 4) is 11.5 Å². The monoisotopic (exact) mass is 322 g/mol. The van der Waals surface area contributed by atoms with E-state index in [-0.39, 0.29) is 11.9 Å². The van der Waals surface area contributed by atoms with Crippen molar-refractivity contribution in [1.29, 1.82) is 0 Å². The third kappa shape index (κ3) is 2.73. The van der Waals surface area contributed by atoms with Gasteiger partial charge in [-0.25, -0.2) is 4.39 Å². The van der Waals surface area contributed by atoms with Gasteiger partial charge in [0.2, 0.25) is 0 Å². The molecule has 1 heterocycles. The van der Waals surface area contributed by atoms with Gasteiger partial charge in [-0.3, -0.25) is 0 Å².